The summed E-state index contributed by atoms with van der Waals surface area (Å²) in [6.45, 7) is 9.93. The average Bonchev–Trinajstić information content (AvgIpc) is 4.06. The van der Waals surface area contributed by atoms with E-state index in [1.165, 1.54) is 19.3 Å². The van der Waals surface area contributed by atoms with Gasteiger partial charge in [-0.25, -0.2) is 4.39 Å². The maximum Gasteiger partial charge on any atom is 0.133 e. The number of hydrogen-bond acceptors (Lipinski definition) is 8. The molecule has 13 heteroatoms. The molecule has 0 spiro atoms. The molecule has 0 aliphatic heterocycles. The van der Waals surface area contributed by atoms with Gasteiger partial charge in [-0.15, -0.1) is 0 Å². The molecule has 10 rings (SSSR count). The van der Waals surface area contributed by atoms with Crippen LogP contribution in [0.5, 0.6) is 11.5 Å². The Labute approximate surface area is 356 Å². The van der Waals surface area contributed by atoms with E-state index in [2.05, 4.69) is 71.2 Å². The third-order valence-electron chi connectivity index (χ3n) is 14.2. The Morgan fingerprint density at radius 3 is 1.56 bits per heavy atom. The summed E-state index contributed by atoms with van der Waals surface area (Å²) >= 11 is 0. The summed E-state index contributed by atoms with van der Waals surface area (Å²) in [5.41, 5.74) is 6.94. The number of ether oxygens (including phenoxy) is 2. The molecule has 4 saturated carbocycles. The van der Waals surface area contributed by atoms with Crippen molar-refractivity contribution in [1.29, 1.82) is 0 Å². The Balaban J connectivity index is 0.000000157. The topological polar surface area (TPSA) is 124 Å². The molecule has 2 aromatic carbocycles. The molecule has 0 bridgehead atoms. The molecule has 12 nitrogen and oxygen atoms in total. The zero-order chi connectivity index (χ0) is 42.7. The Bertz CT molecular complexity index is 2610. The van der Waals surface area contributed by atoms with Crippen molar-refractivity contribution in [3.63, 3.8) is 0 Å². The van der Waals surface area contributed by atoms with Crippen molar-refractivity contribution in [1.82, 2.24) is 39.1 Å². The van der Waals surface area contributed by atoms with Crippen molar-refractivity contribution in [3.8, 4) is 33.8 Å². The molecular weight excluding hydrogens is 772 g/mol. The van der Waals surface area contributed by atoms with Gasteiger partial charge in [-0.2, -0.15) is 20.4 Å². The quantitative estimate of drug-likeness (QED) is 0.134. The van der Waals surface area contributed by atoms with Crippen LogP contribution in [0.3, 0.4) is 0 Å². The standard InChI is InChI=1S/C25H31FN4O2.C23H28N4O2/c1-15-24-22(28-29(15)4)10-18(11-23(24)32-16(2)17-5-6-21(31)9-17)19-13-27-30(14-19)20-7-8-25(3,26)12-20;1-14-23-21(25-26(14)3)10-17(18-12-24-27(13-18)19-5-4-6-19)11-22(23)29-15(2)16-7-8-20(28)9-16/h10-11,13-14,16-17,20H,5-9,12H2,1-4H3;10-13,15-16,19H,4-9H2,1-3H3/t16-,17-,20?,25?;15-,16+/m11/s1. The molecule has 6 aromatic rings. The zero-order valence-electron chi connectivity index (χ0n) is 36.7. The molecule has 4 aliphatic carbocycles. The van der Waals surface area contributed by atoms with E-state index in [0.29, 0.717) is 62.1 Å². The number of aryl methyl sites for hydroxylation is 4. The van der Waals surface area contributed by atoms with E-state index in [0.717, 1.165) is 86.2 Å². The summed E-state index contributed by atoms with van der Waals surface area (Å²) in [6, 6.07) is 9.00. The molecule has 61 heavy (non-hydrogen) atoms. The Hall–Kier alpha value is -5.33. The van der Waals surface area contributed by atoms with Crippen LogP contribution in [-0.4, -0.2) is 68.6 Å². The first-order valence-corrected chi connectivity index (χ1v) is 22.3. The van der Waals surface area contributed by atoms with Crippen molar-refractivity contribution in [2.75, 3.05) is 0 Å². The van der Waals surface area contributed by atoms with E-state index in [4.69, 9.17) is 14.6 Å². The lowest BCUT2D eigenvalue weighted by Crippen LogP contribution is -2.22. The molecule has 6 atom stereocenters. The van der Waals surface area contributed by atoms with Gasteiger partial charge in [0.05, 0.1) is 58.5 Å². The number of carbonyl (C=O) groups is 2. The number of ketones is 2. The SMILES string of the molecule is Cc1c2c(O[C@H](C)[C@@H]3CCC(=O)C3)cc(-c3cnn(C4CCC(C)(F)C4)c3)cc2nn1C.Cc1c2c(O[C@H](C)[C@H]3CCC(=O)C3)cc(-c3cnn(C4CCC4)c3)cc2nn1C. The van der Waals surface area contributed by atoms with Crippen LogP contribution >= 0.6 is 0 Å². The second-order valence-electron chi connectivity index (χ2n) is 18.7. The van der Waals surface area contributed by atoms with Crippen LogP contribution in [0.2, 0.25) is 0 Å². The van der Waals surface area contributed by atoms with Crippen molar-refractivity contribution < 1.29 is 23.5 Å². The third kappa shape index (κ3) is 8.24. The van der Waals surface area contributed by atoms with Gasteiger partial charge in [0.25, 0.3) is 0 Å². The molecular formula is C48H59FN8O4. The number of fused-ring (bicyclic) bond motifs is 2. The van der Waals surface area contributed by atoms with Crippen LogP contribution in [0.15, 0.2) is 49.1 Å². The van der Waals surface area contributed by atoms with Gasteiger partial charge in [0.2, 0.25) is 0 Å². The zero-order valence-corrected chi connectivity index (χ0v) is 36.7. The van der Waals surface area contributed by atoms with Crippen LogP contribution in [0.25, 0.3) is 44.1 Å². The molecule has 0 saturated heterocycles. The number of nitrogens with zero attached hydrogens (tertiary/aromatic N) is 8. The van der Waals surface area contributed by atoms with Crippen LogP contribution in [-0.2, 0) is 23.7 Å². The van der Waals surface area contributed by atoms with Gasteiger partial charge >= 0.3 is 0 Å². The second-order valence-corrected chi connectivity index (χ2v) is 18.7. The van der Waals surface area contributed by atoms with E-state index < -0.39 is 5.67 Å². The third-order valence-corrected chi connectivity index (χ3v) is 14.2. The number of rotatable bonds is 10. The molecule has 322 valence electrons. The number of aromatic nitrogens is 8. The van der Waals surface area contributed by atoms with Gasteiger partial charge in [0, 0.05) is 92.9 Å². The minimum atomic E-state index is -1.11. The van der Waals surface area contributed by atoms with Crippen LogP contribution in [0, 0.1) is 25.7 Å². The molecule has 4 aliphatic rings. The van der Waals surface area contributed by atoms with Gasteiger partial charge in [-0.05, 0) is 115 Å². The van der Waals surface area contributed by atoms with Gasteiger partial charge in [0.1, 0.15) is 28.7 Å². The Kier molecular flexibility index (Phi) is 10.9. The Morgan fingerprint density at radius 2 is 1.16 bits per heavy atom. The van der Waals surface area contributed by atoms with Gasteiger partial charge < -0.3 is 9.47 Å². The van der Waals surface area contributed by atoms with Crippen LogP contribution in [0.1, 0.15) is 121 Å². The maximum absolute atomic E-state index is 14.3. The molecule has 4 heterocycles. The van der Waals surface area contributed by atoms with Crippen LogP contribution in [0.4, 0.5) is 4.39 Å². The molecule has 4 fully saturated rings. The summed E-state index contributed by atoms with van der Waals surface area (Å²) in [5.74, 6) is 2.86. The van der Waals surface area contributed by atoms with Gasteiger partial charge in [-0.1, -0.05) is 0 Å². The first-order chi connectivity index (χ1) is 29.2. The van der Waals surface area contributed by atoms with Crippen molar-refractivity contribution in [2.45, 2.75) is 142 Å². The number of carbonyl (C=O) groups excluding carboxylic acids is 2. The van der Waals surface area contributed by atoms with E-state index in [1.54, 1.807) is 6.92 Å². The lowest BCUT2D eigenvalue weighted by atomic mass is 9.93. The minimum Gasteiger partial charge on any atom is -0.490 e. The lowest BCUT2D eigenvalue weighted by molar-refractivity contribution is -0.118. The molecule has 4 aromatic heterocycles. The number of alkyl halides is 1. The highest BCUT2D eigenvalue weighted by Gasteiger charge is 2.36. The van der Waals surface area contributed by atoms with E-state index in [1.807, 2.05) is 53.7 Å². The van der Waals surface area contributed by atoms with Gasteiger partial charge in [0.15, 0.2) is 0 Å². The highest BCUT2D eigenvalue weighted by Crippen LogP contribution is 2.42. The molecule has 0 N–H and O–H groups in total. The van der Waals surface area contributed by atoms with E-state index >= 15 is 0 Å². The fraction of sp³-hybridized carbons (Fsp3) is 0.542. The number of halogens is 1. The summed E-state index contributed by atoms with van der Waals surface area (Å²) < 4.78 is 35.0. The summed E-state index contributed by atoms with van der Waals surface area (Å²) in [6.07, 6.45) is 17.8. The minimum absolute atomic E-state index is 0.00259. The van der Waals surface area contributed by atoms with Crippen molar-refractivity contribution in [2.24, 2.45) is 25.9 Å². The highest BCUT2D eigenvalue weighted by atomic mass is 19.1. The molecule has 0 radical (unpaired) electrons. The highest BCUT2D eigenvalue weighted by molar-refractivity contribution is 5.93. The van der Waals surface area contributed by atoms with E-state index in [-0.39, 0.29) is 24.2 Å². The summed E-state index contributed by atoms with van der Waals surface area (Å²) in [7, 11) is 3.90. The second kappa shape index (κ2) is 16.2. The number of hydrogen-bond donors (Lipinski definition) is 0. The fourth-order valence-corrected chi connectivity index (χ4v) is 9.90. The van der Waals surface area contributed by atoms with Gasteiger partial charge in [-0.3, -0.25) is 28.3 Å². The molecule has 2 unspecified atom stereocenters. The predicted molar refractivity (Wildman–Crippen MR) is 234 cm³/mol. The van der Waals surface area contributed by atoms with Crippen molar-refractivity contribution in [3.05, 3.63) is 60.4 Å². The summed E-state index contributed by atoms with van der Waals surface area (Å²) in [5, 5.41) is 20.6. The maximum atomic E-state index is 14.3. The first kappa shape index (κ1) is 41.0. The normalized spacial score (nSPS) is 24.0. The monoisotopic (exact) mass is 830 g/mol. The lowest BCUT2D eigenvalue weighted by Gasteiger charge is -2.25. The fourth-order valence-electron chi connectivity index (χ4n) is 9.90. The largest absolute Gasteiger partial charge is 0.490 e. The van der Waals surface area contributed by atoms with Crippen molar-refractivity contribution >= 4 is 33.4 Å². The number of benzene rings is 2. The van der Waals surface area contributed by atoms with Crippen LogP contribution < -0.4 is 9.47 Å². The Morgan fingerprint density at radius 1 is 0.689 bits per heavy atom. The molecule has 0 amide bonds. The first-order valence-electron chi connectivity index (χ1n) is 22.3. The predicted octanol–water partition coefficient (Wildman–Crippen LogP) is 9.94. The average molecular weight is 831 g/mol. The number of Topliss-reactive ketones (excluding diaryl/α,β-unsaturated/α-hetero) is 2. The smallest absolute Gasteiger partial charge is 0.133 e. The summed E-state index contributed by atoms with van der Waals surface area (Å²) in [4.78, 5) is 23.5. The van der Waals surface area contributed by atoms with E-state index in [9.17, 15) is 14.0 Å².